The first-order valence-electron chi connectivity index (χ1n) is 7.44. The van der Waals surface area contributed by atoms with Crippen LogP contribution in [-0.4, -0.2) is 29.0 Å². The number of thiazole rings is 1. The van der Waals surface area contributed by atoms with Crippen molar-refractivity contribution in [2.75, 3.05) is 18.4 Å². The Morgan fingerprint density at radius 3 is 2.76 bits per heavy atom. The maximum Gasteiger partial charge on any atom is 0.321 e. The molecule has 1 N–H and O–H groups in total. The lowest BCUT2D eigenvalue weighted by atomic mass is 9.92. The van der Waals surface area contributed by atoms with Crippen molar-refractivity contribution in [1.82, 2.24) is 9.88 Å². The summed E-state index contributed by atoms with van der Waals surface area (Å²) >= 11 is 1.65. The molecule has 2 amide bonds. The van der Waals surface area contributed by atoms with Crippen LogP contribution in [0.1, 0.15) is 25.3 Å². The molecule has 1 saturated heterocycles. The van der Waals surface area contributed by atoms with Gasteiger partial charge < -0.3 is 10.2 Å². The van der Waals surface area contributed by atoms with Crippen molar-refractivity contribution in [3.63, 3.8) is 0 Å². The summed E-state index contributed by atoms with van der Waals surface area (Å²) in [6.07, 6.45) is 1.20. The van der Waals surface area contributed by atoms with E-state index in [0.29, 0.717) is 11.8 Å². The van der Waals surface area contributed by atoms with Crippen LogP contribution in [0, 0.1) is 18.8 Å². The monoisotopic (exact) mass is 303 g/mol. The highest BCUT2D eigenvalue weighted by Gasteiger charge is 2.25. The van der Waals surface area contributed by atoms with Crippen molar-refractivity contribution in [2.45, 2.75) is 27.2 Å². The predicted molar refractivity (Wildman–Crippen MR) is 87.9 cm³/mol. The van der Waals surface area contributed by atoms with Gasteiger partial charge in [0.15, 0.2) is 0 Å². The number of urea groups is 1. The second-order valence-corrected chi connectivity index (χ2v) is 7.43. The highest BCUT2D eigenvalue weighted by Crippen LogP contribution is 2.26. The number of aromatic nitrogens is 1. The van der Waals surface area contributed by atoms with Gasteiger partial charge in [0.25, 0.3) is 0 Å². The first kappa shape index (κ1) is 14.3. The summed E-state index contributed by atoms with van der Waals surface area (Å²) in [5, 5.41) is 4.07. The minimum absolute atomic E-state index is 0.00832. The fourth-order valence-corrected chi connectivity index (χ4v) is 4.02. The summed E-state index contributed by atoms with van der Waals surface area (Å²) in [6, 6.07) is 5.91. The quantitative estimate of drug-likeness (QED) is 0.861. The molecule has 0 spiro atoms. The lowest BCUT2D eigenvalue weighted by Gasteiger charge is -2.34. The number of hydrogen-bond acceptors (Lipinski definition) is 3. The standard InChI is InChI=1S/C16H21N3OS/c1-10-6-11(2)9-19(8-10)16(20)18-13-4-5-14-15(7-13)21-12(3)17-14/h4-5,7,10-11H,6,8-9H2,1-3H3,(H,18,20)/t10-,11-/m1/s1. The lowest BCUT2D eigenvalue weighted by Crippen LogP contribution is -2.44. The van der Waals surface area contributed by atoms with Crippen molar-refractivity contribution in [3.05, 3.63) is 23.2 Å². The molecule has 2 heterocycles. The first-order valence-corrected chi connectivity index (χ1v) is 8.26. The molecule has 1 aliphatic heterocycles. The number of rotatable bonds is 1. The number of fused-ring (bicyclic) bond motifs is 1. The number of carbonyl (C=O) groups is 1. The van der Waals surface area contributed by atoms with Gasteiger partial charge in [-0.05, 0) is 43.4 Å². The van der Waals surface area contributed by atoms with E-state index in [1.54, 1.807) is 11.3 Å². The Balaban J connectivity index is 1.73. The molecule has 4 nitrogen and oxygen atoms in total. The Morgan fingerprint density at radius 1 is 1.33 bits per heavy atom. The molecule has 2 aromatic rings. The highest BCUT2D eigenvalue weighted by atomic mass is 32.1. The van der Waals surface area contributed by atoms with E-state index < -0.39 is 0 Å². The molecule has 1 fully saturated rings. The maximum absolute atomic E-state index is 12.4. The lowest BCUT2D eigenvalue weighted by molar-refractivity contribution is 0.156. The summed E-state index contributed by atoms with van der Waals surface area (Å²) in [4.78, 5) is 18.8. The number of anilines is 1. The molecule has 5 heteroatoms. The zero-order valence-electron chi connectivity index (χ0n) is 12.7. The van der Waals surface area contributed by atoms with Crippen LogP contribution in [0.5, 0.6) is 0 Å². The Kier molecular flexibility index (Phi) is 3.85. The van der Waals surface area contributed by atoms with E-state index in [1.807, 2.05) is 30.0 Å². The number of nitrogens with zero attached hydrogens (tertiary/aromatic N) is 2. The molecular formula is C16H21N3OS. The first-order chi connectivity index (χ1) is 10.0. The minimum Gasteiger partial charge on any atom is -0.324 e. The normalized spacial score (nSPS) is 22.5. The molecule has 3 rings (SSSR count). The third-order valence-corrected chi connectivity index (χ3v) is 4.84. The van der Waals surface area contributed by atoms with Crippen LogP contribution < -0.4 is 5.32 Å². The molecule has 2 atom stereocenters. The minimum atomic E-state index is 0.00832. The molecule has 0 unspecified atom stereocenters. The van der Waals surface area contributed by atoms with Crippen molar-refractivity contribution in [2.24, 2.45) is 11.8 Å². The zero-order chi connectivity index (χ0) is 15.0. The van der Waals surface area contributed by atoms with Gasteiger partial charge in [-0.3, -0.25) is 0 Å². The van der Waals surface area contributed by atoms with Crippen LogP contribution in [0.25, 0.3) is 10.2 Å². The number of piperidine rings is 1. The van der Waals surface area contributed by atoms with E-state index in [1.165, 1.54) is 6.42 Å². The Labute approximate surface area is 129 Å². The third-order valence-electron chi connectivity index (χ3n) is 3.90. The van der Waals surface area contributed by atoms with Gasteiger partial charge in [-0.15, -0.1) is 11.3 Å². The van der Waals surface area contributed by atoms with Crippen LogP contribution in [0.4, 0.5) is 10.5 Å². The zero-order valence-corrected chi connectivity index (χ0v) is 13.5. The number of hydrogen-bond donors (Lipinski definition) is 1. The average Bonchev–Trinajstić information content (AvgIpc) is 2.77. The summed E-state index contributed by atoms with van der Waals surface area (Å²) in [5.41, 5.74) is 1.85. The number of benzene rings is 1. The molecule has 1 aromatic heterocycles. The summed E-state index contributed by atoms with van der Waals surface area (Å²) in [7, 11) is 0. The number of aryl methyl sites for hydroxylation is 1. The van der Waals surface area contributed by atoms with E-state index in [-0.39, 0.29) is 6.03 Å². The second-order valence-electron chi connectivity index (χ2n) is 6.20. The smallest absolute Gasteiger partial charge is 0.321 e. The number of likely N-dealkylation sites (tertiary alicyclic amines) is 1. The van der Waals surface area contributed by atoms with Crippen molar-refractivity contribution in [3.8, 4) is 0 Å². The van der Waals surface area contributed by atoms with E-state index >= 15 is 0 Å². The Morgan fingerprint density at radius 2 is 2.05 bits per heavy atom. The highest BCUT2D eigenvalue weighted by molar-refractivity contribution is 7.18. The maximum atomic E-state index is 12.4. The largest absolute Gasteiger partial charge is 0.324 e. The number of amides is 2. The topological polar surface area (TPSA) is 45.2 Å². The van der Waals surface area contributed by atoms with E-state index in [9.17, 15) is 4.79 Å². The molecule has 21 heavy (non-hydrogen) atoms. The van der Waals surface area contributed by atoms with Gasteiger partial charge >= 0.3 is 6.03 Å². The van der Waals surface area contributed by atoms with Gasteiger partial charge in [0.2, 0.25) is 0 Å². The molecule has 0 saturated carbocycles. The second kappa shape index (κ2) is 5.64. The number of nitrogens with one attached hydrogen (secondary N) is 1. The SMILES string of the molecule is Cc1nc2ccc(NC(=O)N3C[C@H](C)C[C@@H](C)C3)cc2s1. The van der Waals surface area contributed by atoms with Crippen LogP contribution >= 0.6 is 11.3 Å². The Hall–Kier alpha value is -1.62. The average molecular weight is 303 g/mol. The van der Waals surface area contributed by atoms with Gasteiger partial charge in [-0.1, -0.05) is 13.8 Å². The summed E-state index contributed by atoms with van der Waals surface area (Å²) in [6.45, 7) is 8.11. The number of carbonyl (C=O) groups excluding carboxylic acids is 1. The molecule has 112 valence electrons. The fourth-order valence-electron chi connectivity index (χ4n) is 3.15. The van der Waals surface area contributed by atoms with Crippen molar-refractivity contribution < 1.29 is 4.79 Å². The Bertz CT molecular complexity index is 657. The summed E-state index contributed by atoms with van der Waals surface area (Å²) < 4.78 is 1.12. The molecule has 0 aliphatic carbocycles. The van der Waals surface area contributed by atoms with E-state index in [4.69, 9.17) is 0 Å². The van der Waals surface area contributed by atoms with Crippen molar-refractivity contribution in [1.29, 1.82) is 0 Å². The van der Waals surface area contributed by atoms with Crippen molar-refractivity contribution >= 4 is 33.3 Å². The van der Waals surface area contributed by atoms with Gasteiger partial charge in [-0.2, -0.15) is 0 Å². The van der Waals surface area contributed by atoms with Gasteiger partial charge in [-0.25, -0.2) is 9.78 Å². The molecule has 0 bridgehead atoms. The molecule has 1 aliphatic rings. The van der Waals surface area contributed by atoms with E-state index in [2.05, 4.69) is 24.1 Å². The molecule has 1 aromatic carbocycles. The van der Waals surface area contributed by atoms with Crippen LogP contribution in [0.3, 0.4) is 0 Å². The molecular weight excluding hydrogens is 282 g/mol. The summed E-state index contributed by atoms with van der Waals surface area (Å²) in [5.74, 6) is 1.15. The van der Waals surface area contributed by atoms with Crippen LogP contribution in [-0.2, 0) is 0 Å². The van der Waals surface area contributed by atoms with Gasteiger partial charge in [0.1, 0.15) is 0 Å². The van der Waals surface area contributed by atoms with E-state index in [0.717, 1.165) is 34.0 Å². The van der Waals surface area contributed by atoms with Crippen LogP contribution in [0.15, 0.2) is 18.2 Å². The predicted octanol–water partition coefficient (Wildman–Crippen LogP) is 4.11. The van der Waals surface area contributed by atoms with Crippen LogP contribution in [0.2, 0.25) is 0 Å². The third kappa shape index (κ3) is 3.18. The van der Waals surface area contributed by atoms with Gasteiger partial charge in [0.05, 0.1) is 15.2 Å². The van der Waals surface area contributed by atoms with Gasteiger partial charge in [0, 0.05) is 18.8 Å². The fraction of sp³-hybridized carbons (Fsp3) is 0.500. The molecule has 0 radical (unpaired) electrons.